The fourth-order valence-corrected chi connectivity index (χ4v) is 3.43. The van der Waals surface area contributed by atoms with E-state index >= 15 is 0 Å². The Morgan fingerprint density at radius 2 is 2.10 bits per heavy atom. The molecule has 1 aliphatic heterocycles. The summed E-state index contributed by atoms with van der Waals surface area (Å²) in [6.45, 7) is 7.31. The summed E-state index contributed by atoms with van der Waals surface area (Å²) in [5.41, 5.74) is 0.460. The topological polar surface area (TPSA) is 92.6 Å². The van der Waals surface area contributed by atoms with Crippen LogP contribution in [0.2, 0.25) is 0 Å². The number of aromatic nitrogens is 3. The minimum atomic E-state index is -0.353. The molecule has 9 heteroatoms. The highest BCUT2D eigenvalue weighted by atomic mass is 16.5. The Morgan fingerprint density at radius 3 is 2.83 bits per heavy atom. The van der Waals surface area contributed by atoms with Crippen LogP contribution in [0.25, 0.3) is 0 Å². The largest absolute Gasteiger partial charge is 0.462 e. The van der Waals surface area contributed by atoms with Crippen molar-refractivity contribution in [2.75, 3.05) is 50.8 Å². The van der Waals surface area contributed by atoms with Crippen LogP contribution in [0.1, 0.15) is 30.1 Å². The summed E-state index contributed by atoms with van der Waals surface area (Å²) in [6.07, 6.45) is 7.05. The van der Waals surface area contributed by atoms with Crippen molar-refractivity contribution < 1.29 is 14.3 Å². The molecule has 0 radical (unpaired) electrons. The molecule has 1 saturated heterocycles. The van der Waals surface area contributed by atoms with E-state index in [0.717, 1.165) is 51.4 Å². The van der Waals surface area contributed by atoms with Crippen LogP contribution in [-0.4, -0.2) is 77.4 Å². The highest BCUT2D eigenvalue weighted by Crippen LogP contribution is 2.15. The summed E-state index contributed by atoms with van der Waals surface area (Å²) >= 11 is 0. The van der Waals surface area contributed by atoms with Gasteiger partial charge in [-0.15, -0.1) is 0 Å². The third-order valence-electron chi connectivity index (χ3n) is 4.98. The lowest BCUT2D eigenvalue weighted by Crippen LogP contribution is -2.39. The highest BCUT2D eigenvalue weighted by Gasteiger charge is 2.18. The van der Waals surface area contributed by atoms with Gasteiger partial charge in [0, 0.05) is 57.9 Å². The lowest BCUT2D eigenvalue weighted by Gasteiger charge is -2.22. The summed E-state index contributed by atoms with van der Waals surface area (Å²) in [4.78, 5) is 32.8. The minimum absolute atomic E-state index is 0.0563. The van der Waals surface area contributed by atoms with Crippen LogP contribution < -0.4 is 10.2 Å². The zero-order valence-corrected chi connectivity index (χ0v) is 17.5. The third kappa shape index (κ3) is 6.55. The van der Waals surface area contributed by atoms with E-state index in [1.54, 1.807) is 25.4 Å². The predicted octanol–water partition coefficient (Wildman–Crippen LogP) is 1.17. The number of nitrogens with zero attached hydrogens (tertiary/aromatic N) is 5. The highest BCUT2D eigenvalue weighted by molar-refractivity contribution is 5.89. The summed E-state index contributed by atoms with van der Waals surface area (Å²) in [7, 11) is 0. The van der Waals surface area contributed by atoms with Crippen molar-refractivity contribution in [1.29, 1.82) is 0 Å². The van der Waals surface area contributed by atoms with Crippen LogP contribution in [0.5, 0.6) is 0 Å². The first-order chi connectivity index (χ1) is 14.7. The Kier molecular flexibility index (Phi) is 8.20. The van der Waals surface area contributed by atoms with E-state index in [2.05, 4.69) is 25.2 Å². The van der Waals surface area contributed by atoms with Gasteiger partial charge in [0.2, 0.25) is 5.91 Å². The fourth-order valence-electron chi connectivity index (χ4n) is 3.43. The fraction of sp³-hybridized carbons (Fsp3) is 0.524. The van der Waals surface area contributed by atoms with E-state index in [1.807, 2.05) is 23.0 Å². The molecule has 1 amide bonds. The number of anilines is 1. The molecule has 1 aliphatic rings. The number of hydrogen-bond acceptors (Lipinski definition) is 7. The van der Waals surface area contributed by atoms with Gasteiger partial charge in [-0.25, -0.2) is 9.78 Å². The summed E-state index contributed by atoms with van der Waals surface area (Å²) < 4.78 is 6.86. The monoisotopic (exact) mass is 414 g/mol. The maximum atomic E-state index is 12.2. The van der Waals surface area contributed by atoms with Crippen LogP contribution in [0, 0.1) is 0 Å². The number of carbonyl (C=O) groups is 2. The van der Waals surface area contributed by atoms with Crippen LogP contribution in [0.15, 0.2) is 36.8 Å². The number of pyridine rings is 1. The van der Waals surface area contributed by atoms with E-state index in [1.165, 1.54) is 0 Å². The molecule has 30 heavy (non-hydrogen) atoms. The second kappa shape index (κ2) is 11.3. The predicted molar refractivity (Wildman–Crippen MR) is 113 cm³/mol. The molecule has 1 fully saturated rings. The average Bonchev–Trinajstić information content (AvgIpc) is 3.17. The molecular weight excluding hydrogens is 384 g/mol. The molecule has 0 atom stereocenters. The second-order valence-electron chi connectivity index (χ2n) is 7.21. The molecule has 0 unspecified atom stereocenters. The van der Waals surface area contributed by atoms with Crippen LogP contribution >= 0.6 is 0 Å². The maximum Gasteiger partial charge on any atom is 0.339 e. The lowest BCUT2D eigenvalue weighted by atomic mass is 10.2. The first-order valence-corrected chi connectivity index (χ1v) is 10.5. The standard InChI is InChI=1S/C21H30N6O3/c1-2-30-21(29)18-6-7-19(23-16-18)26-11-5-10-25(14-15-26)17-20(28)22-8-3-12-27-13-4-9-24-27/h4,6-7,9,13,16H,2-3,5,8,10-12,14-15,17H2,1H3,(H,22,28). The molecule has 2 aromatic rings. The van der Waals surface area contributed by atoms with Gasteiger partial charge in [-0.2, -0.15) is 5.10 Å². The molecule has 2 aromatic heterocycles. The Morgan fingerprint density at radius 1 is 1.20 bits per heavy atom. The number of hydrogen-bond donors (Lipinski definition) is 1. The Bertz CT molecular complexity index is 794. The number of ether oxygens (including phenoxy) is 1. The summed E-state index contributed by atoms with van der Waals surface area (Å²) in [5.74, 6) is 0.544. The smallest absolute Gasteiger partial charge is 0.339 e. The van der Waals surface area contributed by atoms with Crippen molar-refractivity contribution in [1.82, 2.24) is 25.0 Å². The van der Waals surface area contributed by atoms with Crippen molar-refractivity contribution in [2.24, 2.45) is 0 Å². The van der Waals surface area contributed by atoms with Gasteiger partial charge in [-0.05, 0) is 38.0 Å². The first kappa shape index (κ1) is 21.8. The maximum absolute atomic E-state index is 12.2. The number of esters is 1. The Labute approximate surface area is 177 Å². The first-order valence-electron chi connectivity index (χ1n) is 10.5. The van der Waals surface area contributed by atoms with E-state index in [0.29, 0.717) is 25.3 Å². The quantitative estimate of drug-likeness (QED) is 0.486. The van der Waals surface area contributed by atoms with Crippen LogP contribution in [-0.2, 0) is 16.1 Å². The number of amides is 1. The van der Waals surface area contributed by atoms with Gasteiger partial charge in [-0.1, -0.05) is 0 Å². The van der Waals surface area contributed by atoms with Crippen molar-refractivity contribution in [3.05, 3.63) is 42.4 Å². The third-order valence-corrected chi connectivity index (χ3v) is 4.98. The molecule has 1 N–H and O–H groups in total. The van der Waals surface area contributed by atoms with Gasteiger partial charge < -0.3 is 15.0 Å². The average molecular weight is 415 g/mol. The molecule has 0 aliphatic carbocycles. The molecular formula is C21H30N6O3. The Hall–Kier alpha value is -2.94. The van der Waals surface area contributed by atoms with Crippen LogP contribution in [0.3, 0.4) is 0 Å². The molecule has 0 spiro atoms. The van der Waals surface area contributed by atoms with Crippen LogP contribution in [0.4, 0.5) is 5.82 Å². The number of rotatable bonds is 9. The van der Waals surface area contributed by atoms with E-state index in [9.17, 15) is 9.59 Å². The normalized spacial score (nSPS) is 14.9. The zero-order valence-electron chi connectivity index (χ0n) is 17.5. The number of aryl methyl sites for hydroxylation is 1. The molecule has 9 nitrogen and oxygen atoms in total. The molecule has 0 saturated carbocycles. The molecule has 0 aromatic carbocycles. The number of nitrogens with one attached hydrogen (secondary N) is 1. The van der Waals surface area contributed by atoms with Gasteiger partial charge in [0.25, 0.3) is 0 Å². The number of carbonyl (C=O) groups excluding carboxylic acids is 2. The zero-order chi connectivity index (χ0) is 21.2. The SMILES string of the molecule is CCOC(=O)c1ccc(N2CCCN(CC(=O)NCCCn3cccn3)CC2)nc1. The lowest BCUT2D eigenvalue weighted by molar-refractivity contribution is -0.122. The van der Waals surface area contributed by atoms with Gasteiger partial charge >= 0.3 is 5.97 Å². The summed E-state index contributed by atoms with van der Waals surface area (Å²) in [5, 5.41) is 7.15. The van der Waals surface area contributed by atoms with E-state index in [-0.39, 0.29) is 11.9 Å². The van der Waals surface area contributed by atoms with Crippen molar-refractivity contribution in [3.63, 3.8) is 0 Å². The van der Waals surface area contributed by atoms with Crippen molar-refractivity contribution >= 4 is 17.7 Å². The molecule has 162 valence electrons. The van der Waals surface area contributed by atoms with Crippen molar-refractivity contribution in [2.45, 2.75) is 26.3 Å². The minimum Gasteiger partial charge on any atom is -0.462 e. The molecule has 0 bridgehead atoms. The van der Waals surface area contributed by atoms with Gasteiger partial charge in [0.15, 0.2) is 0 Å². The Balaban J connectivity index is 1.39. The second-order valence-corrected chi connectivity index (χ2v) is 7.21. The van der Waals surface area contributed by atoms with Gasteiger partial charge in [0.1, 0.15) is 5.82 Å². The van der Waals surface area contributed by atoms with E-state index < -0.39 is 0 Å². The molecule has 3 heterocycles. The summed E-state index contributed by atoms with van der Waals surface area (Å²) in [6, 6.07) is 5.50. The van der Waals surface area contributed by atoms with E-state index in [4.69, 9.17) is 4.74 Å². The van der Waals surface area contributed by atoms with Crippen molar-refractivity contribution in [3.8, 4) is 0 Å². The van der Waals surface area contributed by atoms with Gasteiger partial charge in [-0.3, -0.25) is 14.4 Å². The van der Waals surface area contributed by atoms with Gasteiger partial charge in [0.05, 0.1) is 18.7 Å². The molecule has 3 rings (SSSR count).